The van der Waals surface area contributed by atoms with E-state index in [9.17, 15) is 9.36 Å². The fourth-order valence-electron chi connectivity index (χ4n) is 2.80. The quantitative estimate of drug-likeness (QED) is 0.669. The van der Waals surface area contributed by atoms with Crippen LogP contribution in [-0.2, 0) is 23.1 Å². The predicted molar refractivity (Wildman–Crippen MR) is 66.4 cm³/mol. The average molecular weight is 276 g/mol. The highest BCUT2D eigenvalue weighted by Crippen LogP contribution is 2.61. The predicted octanol–water partition coefficient (Wildman–Crippen LogP) is 2.59. The van der Waals surface area contributed by atoms with E-state index in [1.807, 2.05) is 0 Å². The molecule has 2 fully saturated rings. The molecule has 2 rings (SSSR count). The van der Waals surface area contributed by atoms with Crippen LogP contribution in [0.1, 0.15) is 33.6 Å². The van der Waals surface area contributed by atoms with E-state index in [0.717, 1.165) is 6.42 Å². The molecule has 2 aliphatic rings. The van der Waals surface area contributed by atoms with Crippen LogP contribution in [0, 0.1) is 11.8 Å². The summed E-state index contributed by atoms with van der Waals surface area (Å²) < 4.78 is 28.2. The van der Waals surface area contributed by atoms with Gasteiger partial charge in [-0.15, -0.1) is 0 Å². The van der Waals surface area contributed by atoms with Crippen molar-refractivity contribution in [3.8, 4) is 0 Å². The second kappa shape index (κ2) is 5.04. The van der Waals surface area contributed by atoms with Gasteiger partial charge in [0.1, 0.15) is 11.9 Å². The number of ether oxygens (including phenoxy) is 1. The molecule has 104 valence electrons. The summed E-state index contributed by atoms with van der Waals surface area (Å²) in [7, 11) is -3.21. The Morgan fingerprint density at radius 2 is 1.94 bits per heavy atom. The number of hydrogen-bond acceptors (Lipinski definition) is 5. The van der Waals surface area contributed by atoms with Gasteiger partial charge in [-0.2, -0.15) is 0 Å². The molecule has 0 aromatic carbocycles. The SMILES string of the molecule is CCOP(=O)(COC12CC1C(C)CC2=O)OCC. The third-order valence-electron chi connectivity index (χ3n) is 3.76. The molecule has 2 saturated carbocycles. The van der Waals surface area contributed by atoms with Gasteiger partial charge in [0.05, 0.1) is 13.2 Å². The molecule has 0 radical (unpaired) electrons. The van der Waals surface area contributed by atoms with Gasteiger partial charge in [0.15, 0.2) is 5.78 Å². The number of carbonyl (C=O) groups excluding carboxylic acids is 1. The van der Waals surface area contributed by atoms with E-state index in [2.05, 4.69) is 6.92 Å². The Morgan fingerprint density at radius 3 is 2.33 bits per heavy atom. The van der Waals surface area contributed by atoms with Crippen LogP contribution in [0.3, 0.4) is 0 Å². The second-order valence-electron chi connectivity index (χ2n) is 5.02. The van der Waals surface area contributed by atoms with Crippen molar-refractivity contribution in [1.82, 2.24) is 0 Å². The zero-order valence-corrected chi connectivity index (χ0v) is 12.1. The molecule has 0 heterocycles. The lowest BCUT2D eigenvalue weighted by molar-refractivity contribution is -0.130. The van der Waals surface area contributed by atoms with Crippen LogP contribution < -0.4 is 0 Å². The minimum Gasteiger partial charge on any atom is -0.354 e. The fourth-order valence-corrected chi connectivity index (χ4v) is 4.20. The Hall–Kier alpha value is -0.220. The van der Waals surface area contributed by atoms with Gasteiger partial charge in [-0.25, -0.2) is 0 Å². The number of ketones is 1. The molecule has 0 amide bonds. The maximum atomic E-state index is 12.2. The summed E-state index contributed by atoms with van der Waals surface area (Å²) in [5.74, 6) is 0.803. The van der Waals surface area contributed by atoms with E-state index >= 15 is 0 Å². The summed E-state index contributed by atoms with van der Waals surface area (Å²) in [4.78, 5) is 11.9. The van der Waals surface area contributed by atoms with Crippen molar-refractivity contribution < 1.29 is 23.1 Å². The molecule has 0 bridgehead atoms. The Labute approximate surface area is 108 Å². The van der Waals surface area contributed by atoms with Crippen molar-refractivity contribution in [3.05, 3.63) is 0 Å². The maximum Gasteiger partial charge on any atom is 0.356 e. The number of rotatable bonds is 7. The summed E-state index contributed by atoms with van der Waals surface area (Å²) in [6.07, 6.45) is 1.20. The number of fused-ring (bicyclic) bond motifs is 1. The number of carbonyl (C=O) groups is 1. The first-order valence-electron chi connectivity index (χ1n) is 6.53. The molecule has 2 aliphatic carbocycles. The van der Waals surface area contributed by atoms with Gasteiger partial charge < -0.3 is 13.8 Å². The van der Waals surface area contributed by atoms with Gasteiger partial charge in [-0.1, -0.05) is 6.92 Å². The van der Waals surface area contributed by atoms with E-state index in [-0.39, 0.29) is 12.1 Å². The minimum atomic E-state index is -3.21. The molecule has 0 saturated heterocycles. The molecule has 5 nitrogen and oxygen atoms in total. The van der Waals surface area contributed by atoms with Crippen LogP contribution in [0.5, 0.6) is 0 Å². The number of hydrogen-bond donors (Lipinski definition) is 0. The molecule has 0 aliphatic heterocycles. The molecular formula is C12H21O5P. The Morgan fingerprint density at radius 1 is 1.33 bits per heavy atom. The molecular weight excluding hydrogens is 255 g/mol. The van der Waals surface area contributed by atoms with Crippen LogP contribution in [0.15, 0.2) is 0 Å². The summed E-state index contributed by atoms with van der Waals surface area (Å²) >= 11 is 0. The van der Waals surface area contributed by atoms with Gasteiger partial charge in [0, 0.05) is 12.3 Å². The van der Waals surface area contributed by atoms with E-state index < -0.39 is 13.2 Å². The lowest BCUT2D eigenvalue weighted by Gasteiger charge is -2.20. The molecule has 0 spiro atoms. The van der Waals surface area contributed by atoms with E-state index in [1.165, 1.54) is 0 Å². The van der Waals surface area contributed by atoms with Crippen molar-refractivity contribution in [1.29, 1.82) is 0 Å². The van der Waals surface area contributed by atoms with Crippen LogP contribution in [-0.4, -0.2) is 30.9 Å². The molecule has 0 aromatic heterocycles. The van der Waals surface area contributed by atoms with Crippen molar-refractivity contribution in [2.75, 3.05) is 19.6 Å². The highest BCUT2D eigenvalue weighted by molar-refractivity contribution is 7.53. The van der Waals surface area contributed by atoms with Crippen molar-refractivity contribution >= 4 is 13.4 Å². The zero-order valence-electron chi connectivity index (χ0n) is 11.2. The highest BCUT2D eigenvalue weighted by atomic mass is 31.2. The van der Waals surface area contributed by atoms with E-state index in [4.69, 9.17) is 13.8 Å². The smallest absolute Gasteiger partial charge is 0.354 e. The first-order valence-corrected chi connectivity index (χ1v) is 8.25. The summed E-state index contributed by atoms with van der Waals surface area (Å²) in [6.45, 7) is 6.19. The molecule has 3 unspecified atom stereocenters. The Kier molecular flexibility index (Phi) is 3.98. The van der Waals surface area contributed by atoms with Gasteiger partial charge >= 0.3 is 7.60 Å². The van der Waals surface area contributed by atoms with Gasteiger partial charge in [-0.3, -0.25) is 9.36 Å². The summed E-state index contributed by atoms with van der Waals surface area (Å²) in [5.41, 5.74) is -0.677. The molecule has 0 aromatic rings. The minimum absolute atomic E-state index is 0.121. The fraction of sp³-hybridized carbons (Fsp3) is 0.917. The van der Waals surface area contributed by atoms with Crippen molar-refractivity contribution in [2.24, 2.45) is 11.8 Å². The first-order chi connectivity index (χ1) is 8.47. The number of Topliss-reactive ketones (excluding diaryl/α,β-unsaturated/α-hetero) is 1. The van der Waals surface area contributed by atoms with Gasteiger partial charge in [0.25, 0.3) is 0 Å². The van der Waals surface area contributed by atoms with Crippen LogP contribution >= 0.6 is 7.60 Å². The van der Waals surface area contributed by atoms with Gasteiger partial charge in [-0.05, 0) is 26.2 Å². The van der Waals surface area contributed by atoms with Crippen molar-refractivity contribution in [2.45, 2.75) is 39.2 Å². The standard InChI is InChI=1S/C12H21O5P/c1-4-16-18(14,17-5-2)8-15-12-7-10(12)9(3)6-11(12)13/h9-10H,4-8H2,1-3H3. The third-order valence-corrected chi connectivity index (χ3v) is 5.51. The van der Waals surface area contributed by atoms with Crippen LogP contribution in [0.25, 0.3) is 0 Å². The van der Waals surface area contributed by atoms with Crippen molar-refractivity contribution in [3.63, 3.8) is 0 Å². The highest BCUT2D eigenvalue weighted by Gasteiger charge is 2.68. The molecule has 18 heavy (non-hydrogen) atoms. The molecule has 6 heteroatoms. The average Bonchev–Trinajstić information content (AvgIpc) is 2.98. The van der Waals surface area contributed by atoms with Gasteiger partial charge in [0.2, 0.25) is 0 Å². The Balaban J connectivity index is 1.95. The lowest BCUT2D eigenvalue weighted by atomic mass is 10.1. The first kappa shape index (κ1) is 14.2. The van der Waals surface area contributed by atoms with Crippen LogP contribution in [0.2, 0.25) is 0 Å². The third kappa shape index (κ3) is 2.42. The second-order valence-corrected chi connectivity index (χ2v) is 7.02. The Bertz CT molecular complexity index is 373. The molecule has 0 N–H and O–H groups in total. The topological polar surface area (TPSA) is 61.8 Å². The maximum absolute atomic E-state index is 12.2. The van der Waals surface area contributed by atoms with E-state index in [1.54, 1.807) is 13.8 Å². The zero-order chi connectivity index (χ0) is 13.4. The van der Waals surface area contributed by atoms with Crippen LogP contribution in [0.4, 0.5) is 0 Å². The summed E-state index contributed by atoms with van der Waals surface area (Å²) in [6, 6.07) is 0. The summed E-state index contributed by atoms with van der Waals surface area (Å²) in [5, 5.41) is 0. The molecule has 3 atom stereocenters. The van der Waals surface area contributed by atoms with E-state index in [0.29, 0.717) is 31.5 Å². The monoisotopic (exact) mass is 276 g/mol. The normalized spacial score (nSPS) is 34.7. The lowest BCUT2D eigenvalue weighted by Crippen LogP contribution is -2.25. The largest absolute Gasteiger partial charge is 0.356 e.